The summed E-state index contributed by atoms with van der Waals surface area (Å²) >= 11 is 0. The molecule has 1 aliphatic carbocycles. The molecule has 1 aliphatic rings. The monoisotopic (exact) mass is 477 g/mol. The van der Waals surface area contributed by atoms with Crippen LogP contribution in [0.4, 0.5) is 4.79 Å². The fraction of sp³-hybridized carbons (Fsp3) is 0.308. The largest absolute Gasteiger partial charge is 0.476 e. The number of rotatable bonds is 11. The van der Waals surface area contributed by atoms with E-state index in [-0.39, 0.29) is 36.4 Å². The second kappa shape index (κ2) is 11.3. The number of nitrogens with one attached hydrogen (secondary N) is 2. The van der Waals surface area contributed by atoms with Crippen LogP contribution < -0.4 is 10.6 Å². The quantitative estimate of drug-likeness (QED) is 0.355. The minimum atomic E-state index is -1.20. The van der Waals surface area contributed by atoms with Crippen LogP contribution in [0.1, 0.15) is 59.0 Å². The first-order chi connectivity index (χ1) is 17.0. The molecule has 1 aromatic heterocycles. The van der Waals surface area contributed by atoms with Gasteiger partial charge in [-0.2, -0.15) is 0 Å². The van der Waals surface area contributed by atoms with Crippen LogP contribution in [0.15, 0.2) is 59.3 Å². The maximum atomic E-state index is 12.2. The van der Waals surface area contributed by atoms with Crippen LogP contribution in [-0.4, -0.2) is 41.2 Å². The van der Waals surface area contributed by atoms with Crippen molar-refractivity contribution in [3.63, 3.8) is 0 Å². The molecule has 3 aromatic rings. The van der Waals surface area contributed by atoms with E-state index >= 15 is 0 Å². The summed E-state index contributed by atoms with van der Waals surface area (Å²) in [6.45, 7) is 0.705. The van der Waals surface area contributed by atoms with E-state index < -0.39 is 12.1 Å². The Bertz CT molecular complexity index is 1160. The fourth-order valence-corrected chi connectivity index (χ4v) is 4.26. The molecular formula is C26H27N3O6. The van der Waals surface area contributed by atoms with E-state index in [1.807, 2.05) is 24.3 Å². The highest BCUT2D eigenvalue weighted by molar-refractivity contribution is 5.86. The van der Waals surface area contributed by atoms with Crippen molar-refractivity contribution in [3.8, 4) is 11.1 Å². The third-order valence-corrected chi connectivity index (χ3v) is 5.98. The van der Waals surface area contributed by atoms with Gasteiger partial charge in [-0.05, 0) is 35.1 Å². The molecule has 0 fully saturated rings. The number of amides is 2. The number of ether oxygens (including phenoxy) is 1. The number of benzene rings is 2. The molecule has 0 atom stereocenters. The van der Waals surface area contributed by atoms with Gasteiger partial charge in [-0.3, -0.25) is 4.79 Å². The Labute approximate surface area is 202 Å². The van der Waals surface area contributed by atoms with Gasteiger partial charge in [-0.1, -0.05) is 55.0 Å². The lowest BCUT2D eigenvalue weighted by Crippen LogP contribution is -2.27. The Kier molecular flexibility index (Phi) is 7.77. The Balaban J connectivity index is 1.11. The summed E-state index contributed by atoms with van der Waals surface area (Å²) in [5, 5.41) is 14.4. The number of carbonyl (C=O) groups excluding carboxylic acids is 2. The molecule has 2 aromatic carbocycles. The number of aromatic nitrogens is 1. The Morgan fingerprint density at radius 3 is 2.31 bits per heavy atom. The summed E-state index contributed by atoms with van der Waals surface area (Å²) in [6, 6.07) is 16.4. The topological polar surface area (TPSA) is 131 Å². The number of fused-ring (bicyclic) bond motifs is 3. The molecule has 0 spiro atoms. The maximum Gasteiger partial charge on any atom is 0.407 e. The zero-order valence-electron chi connectivity index (χ0n) is 19.2. The Morgan fingerprint density at radius 2 is 1.63 bits per heavy atom. The van der Waals surface area contributed by atoms with Crippen molar-refractivity contribution in [2.24, 2.45) is 0 Å². The number of carboxylic acids is 1. The number of hydrogen-bond acceptors (Lipinski definition) is 6. The second-order valence-corrected chi connectivity index (χ2v) is 8.27. The van der Waals surface area contributed by atoms with E-state index in [1.54, 1.807) is 0 Å². The zero-order valence-corrected chi connectivity index (χ0v) is 19.2. The van der Waals surface area contributed by atoms with Crippen molar-refractivity contribution in [1.82, 2.24) is 15.6 Å². The fourth-order valence-electron chi connectivity index (χ4n) is 4.26. The summed E-state index contributed by atoms with van der Waals surface area (Å²) in [7, 11) is 0. The summed E-state index contributed by atoms with van der Waals surface area (Å²) in [5.74, 6) is -1.28. The number of nitrogens with zero attached hydrogens (tertiary/aromatic N) is 1. The summed E-state index contributed by atoms with van der Waals surface area (Å²) in [5.41, 5.74) is 4.50. The third-order valence-electron chi connectivity index (χ3n) is 5.98. The van der Waals surface area contributed by atoms with E-state index in [4.69, 9.17) is 14.3 Å². The van der Waals surface area contributed by atoms with Crippen molar-refractivity contribution in [1.29, 1.82) is 0 Å². The molecule has 0 saturated heterocycles. The predicted molar refractivity (Wildman–Crippen MR) is 127 cm³/mol. The van der Waals surface area contributed by atoms with Gasteiger partial charge in [-0.15, -0.1) is 0 Å². The maximum absolute atomic E-state index is 12.2. The minimum Gasteiger partial charge on any atom is -0.476 e. The van der Waals surface area contributed by atoms with Crippen molar-refractivity contribution >= 4 is 18.0 Å². The average Bonchev–Trinajstić information content (AvgIpc) is 3.46. The number of hydrogen-bond donors (Lipinski definition) is 3. The van der Waals surface area contributed by atoms with Gasteiger partial charge in [0.25, 0.3) is 0 Å². The minimum absolute atomic E-state index is 0.0233. The summed E-state index contributed by atoms with van der Waals surface area (Å²) in [4.78, 5) is 38.7. The first kappa shape index (κ1) is 24.0. The lowest BCUT2D eigenvalue weighted by atomic mass is 9.98. The van der Waals surface area contributed by atoms with Crippen LogP contribution in [0.3, 0.4) is 0 Å². The van der Waals surface area contributed by atoms with Gasteiger partial charge in [0.1, 0.15) is 6.61 Å². The van der Waals surface area contributed by atoms with Crippen LogP contribution >= 0.6 is 0 Å². The van der Waals surface area contributed by atoms with E-state index in [0.29, 0.717) is 25.8 Å². The molecule has 1 heterocycles. The first-order valence-corrected chi connectivity index (χ1v) is 11.6. The van der Waals surface area contributed by atoms with Gasteiger partial charge in [-0.25, -0.2) is 14.6 Å². The molecule has 2 amide bonds. The van der Waals surface area contributed by atoms with E-state index in [0.717, 1.165) is 12.8 Å². The van der Waals surface area contributed by atoms with Crippen molar-refractivity contribution in [3.05, 3.63) is 77.5 Å². The number of carbonyl (C=O) groups is 3. The highest BCUT2D eigenvalue weighted by Crippen LogP contribution is 2.44. The number of unbranched alkanes of at least 4 members (excludes halogenated alkanes) is 2. The molecule has 0 aliphatic heterocycles. The highest BCUT2D eigenvalue weighted by Gasteiger charge is 2.28. The molecule has 0 bridgehead atoms. The zero-order chi connectivity index (χ0) is 24.6. The summed E-state index contributed by atoms with van der Waals surface area (Å²) in [6.07, 6.45) is 2.98. The Morgan fingerprint density at radius 1 is 0.943 bits per heavy atom. The van der Waals surface area contributed by atoms with Crippen molar-refractivity contribution in [2.75, 3.05) is 13.2 Å². The molecule has 0 radical (unpaired) electrons. The molecule has 182 valence electrons. The van der Waals surface area contributed by atoms with Crippen molar-refractivity contribution < 1.29 is 28.6 Å². The van der Waals surface area contributed by atoms with Gasteiger partial charge in [0.2, 0.25) is 5.91 Å². The number of aromatic carboxylic acids is 1. The van der Waals surface area contributed by atoms with Crippen molar-refractivity contribution in [2.45, 2.75) is 38.1 Å². The molecule has 0 unspecified atom stereocenters. The highest BCUT2D eigenvalue weighted by atomic mass is 16.5. The van der Waals surface area contributed by atoms with Gasteiger partial charge in [0.05, 0.1) is 6.54 Å². The lowest BCUT2D eigenvalue weighted by molar-refractivity contribution is -0.121. The molecule has 0 saturated carbocycles. The average molecular weight is 478 g/mol. The summed E-state index contributed by atoms with van der Waals surface area (Å²) < 4.78 is 10.5. The van der Waals surface area contributed by atoms with Crippen LogP contribution in [-0.2, 0) is 16.1 Å². The SMILES string of the molecule is O=C(CCCCCNC(=O)OCC1c2ccccc2-c2ccccc21)NCc1ocnc1C(=O)O. The van der Waals surface area contributed by atoms with Crippen LogP contribution in [0.5, 0.6) is 0 Å². The standard InChI is InChI=1S/C26H27N3O6/c30-23(28-14-22-24(25(31)32)29-16-35-22)12-2-1-7-13-27-26(33)34-15-21-19-10-5-3-8-17(19)18-9-4-6-11-20(18)21/h3-6,8-11,16,21H,1-2,7,12-15H2,(H,27,33)(H,28,30)(H,31,32). The molecule has 4 rings (SSSR count). The van der Waals surface area contributed by atoms with Crippen LogP contribution in [0.25, 0.3) is 11.1 Å². The van der Waals surface area contributed by atoms with E-state index in [1.165, 1.54) is 22.3 Å². The molecule has 9 heteroatoms. The lowest BCUT2D eigenvalue weighted by Gasteiger charge is -2.14. The van der Waals surface area contributed by atoms with E-state index in [2.05, 4.69) is 39.9 Å². The second-order valence-electron chi connectivity index (χ2n) is 8.27. The van der Waals surface area contributed by atoms with Crippen LogP contribution in [0, 0.1) is 0 Å². The Hall–Kier alpha value is -4.14. The van der Waals surface area contributed by atoms with Crippen LogP contribution in [0.2, 0.25) is 0 Å². The number of alkyl carbamates (subject to hydrolysis) is 1. The molecule has 35 heavy (non-hydrogen) atoms. The third kappa shape index (κ3) is 5.87. The molecular weight excluding hydrogens is 450 g/mol. The molecule has 3 N–H and O–H groups in total. The van der Waals surface area contributed by atoms with Gasteiger partial charge >= 0.3 is 12.1 Å². The smallest absolute Gasteiger partial charge is 0.407 e. The first-order valence-electron chi connectivity index (χ1n) is 11.6. The number of oxazole rings is 1. The van der Waals surface area contributed by atoms with Gasteiger partial charge in [0.15, 0.2) is 17.8 Å². The molecule has 9 nitrogen and oxygen atoms in total. The normalized spacial score (nSPS) is 12.0. The van der Waals surface area contributed by atoms with Gasteiger partial charge in [0, 0.05) is 18.9 Å². The predicted octanol–water partition coefficient (Wildman–Crippen LogP) is 4.09. The van der Waals surface area contributed by atoms with E-state index in [9.17, 15) is 14.4 Å². The number of carboxylic acid groups (broad SMARTS) is 1. The van der Waals surface area contributed by atoms with Gasteiger partial charge < -0.3 is 24.9 Å².